The van der Waals surface area contributed by atoms with Gasteiger partial charge < -0.3 is 24.5 Å². The van der Waals surface area contributed by atoms with Crippen LogP contribution in [0.1, 0.15) is 21.7 Å². The van der Waals surface area contributed by atoms with Crippen LogP contribution in [0.4, 0.5) is 0 Å². The lowest BCUT2D eigenvalue weighted by Gasteiger charge is -2.17. The van der Waals surface area contributed by atoms with Crippen molar-refractivity contribution < 1.29 is 19.4 Å². The smallest absolute Gasteiger partial charge is 0.251 e. The average molecular weight is 472 g/mol. The van der Waals surface area contributed by atoms with Crippen molar-refractivity contribution in [2.45, 2.75) is 25.6 Å². The van der Waals surface area contributed by atoms with Gasteiger partial charge in [0.15, 0.2) is 11.5 Å². The lowest BCUT2D eigenvalue weighted by molar-refractivity contribution is 0.0905. The number of allylic oxidation sites excluding steroid dienone is 1. The van der Waals surface area contributed by atoms with Crippen LogP contribution in [-0.4, -0.2) is 40.4 Å². The number of aliphatic hydroxyl groups excluding tert-OH is 1. The van der Waals surface area contributed by atoms with Gasteiger partial charge in [-0.3, -0.25) is 4.79 Å². The fourth-order valence-corrected chi connectivity index (χ4v) is 3.89. The minimum absolute atomic E-state index is 0.0689. The molecule has 4 rings (SSSR count). The summed E-state index contributed by atoms with van der Waals surface area (Å²) in [4.78, 5) is 17.2. The number of hydrogen-bond acceptors (Lipinski definition) is 5. The molecule has 1 unspecified atom stereocenters. The first-order chi connectivity index (χ1) is 17.1. The van der Waals surface area contributed by atoms with Crippen molar-refractivity contribution in [3.63, 3.8) is 0 Å². The minimum atomic E-state index is -0.811. The number of imidazole rings is 1. The maximum absolute atomic E-state index is 12.5. The monoisotopic (exact) mass is 471 g/mol. The second-order valence-corrected chi connectivity index (χ2v) is 8.12. The van der Waals surface area contributed by atoms with Crippen molar-refractivity contribution in [1.29, 1.82) is 0 Å². The topological polar surface area (TPSA) is 85.6 Å². The number of benzene rings is 3. The Labute approximate surface area is 204 Å². The molecule has 0 saturated carbocycles. The summed E-state index contributed by atoms with van der Waals surface area (Å²) in [6.07, 6.45) is 1.75. The third-order valence-corrected chi connectivity index (χ3v) is 5.61. The van der Waals surface area contributed by atoms with Gasteiger partial charge in [0.1, 0.15) is 18.5 Å². The van der Waals surface area contributed by atoms with Gasteiger partial charge >= 0.3 is 0 Å². The number of methoxy groups -OCH3 is 1. The second kappa shape index (κ2) is 11.4. The zero-order valence-electron chi connectivity index (χ0n) is 19.7. The van der Waals surface area contributed by atoms with Crippen LogP contribution >= 0.6 is 0 Å². The highest BCUT2D eigenvalue weighted by atomic mass is 16.5. The lowest BCUT2D eigenvalue weighted by atomic mass is 10.1. The van der Waals surface area contributed by atoms with E-state index in [0.29, 0.717) is 22.9 Å². The largest absolute Gasteiger partial charge is 0.493 e. The zero-order chi connectivity index (χ0) is 24.6. The van der Waals surface area contributed by atoms with E-state index in [-0.39, 0.29) is 25.6 Å². The van der Waals surface area contributed by atoms with Crippen molar-refractivity contribution >= 4 is 16.9 Å². The molecule has 0 aliphatic carbocycles. The number of nitrogens with zero attached hydrogens (tertiary/aromatic N) is 2. The molecular weight excluding hydrogens is 442 g/mol. The molecule has 0 aliphatic rings. The molecule has 1 heterocycles. The van der Waals surface area contributed by atoms with Crippen LogP contribution in [0.2, 0.25) is 0 Å². The van der Waals surface area contributed by atoms with Gasteiger partial charge in [-0.2, -0.15) is 0 Å². The first-order valence-corrected chi connectivity index (χ1v) is 11.4. The molecule has 35 heavy (non-hydrogen) atoms. The number of nitrogens with one attached hydrogen (secondary N) is 1. The number of para-hydroxylation sites is 2. The first kappa shape index (κ1) is 24.0. The highest BCUT2D eigenvalue weighted by molar-refractivity contribution is 5.94. The summed E-state index contributed by atoms with van der Waals surface area (Å²) < 4.78 is 13.2. The van der Waals surface area contributed by atoms with Crippen LogP contribution in [-0.2, 0) is 19.5 Å². The van der Waals surface area contributed by atoms with E-state index < -0.39 is 6.10 Å². The standard InChI is InChI=1S/C28H29N3O4/c1-3-9-20-14-15-25(26(16-20)34-2)35-19-22(32)18-31-24-13-8-7-12-23(24)30-27(31)17-29-28(33)21-10-5-4-6-11-21/h3-8,10-16,22,32H,1,9,17-19H2,2H3,(H,29,33). The Bertz CT molecular complexity index is 1300. The predicted octanol–water partition coefficient (Wildman–Crippen LogP) is 4.14. The molecule has 1 atom stereocenters. The van der Waals surface area contributed by atoms with Crippen LogP contribution in [0.3, 0.4) is 0 Å². The number of fused-ring (bicyclic) bond motifs is 1. The molecule has 1 aromatic heterocycles. The van der Waals surface area contributed by atoms with E-state index in [1.807, 2.05) is 71.3 Å². The van der Waals surface area contributed by atoms with Crippen LogP contribution in [0.5, 0.6) is 11.5 Å². The van der Waals surface area contributed by atoms with E-state index in [9.17, 15) is 9.90 Å². The summed E-state index contributed by atoms with van der Waals surface area (Å²) in [7, 11) is 1.59. The fourth-order valence-electron chi connectivity index (χ4n) is 3.89. The maximum atomic E-state index is 12.5. The number of hydrogen-bond donors (Lipinski definition) is 2. The Morgan fingerprint density at radius 3 is 2.66 bits per heavy atom. The van der Waals surface area contributed by atoms with E-state index in [4.69, 9.17) is 9.47 Å². The van der Waals surface area contributed by atoms with Gasteiger partial charge in [-0.15, -0.1) is 6.58 Å². The molecule has 7 nitrogen and oxygen atoms in total. The lowest BCUT2D eigenvalue weighted by Crippen LogP contribution is -2.28. The van der Waals surface area contributed by atoms with E-state index in [1.165, 1.54) is 0 Å². The third kappa shape index (κ3) is 5.88. The molecule has 0 spiro atoms. The molecule has 1 amide bonds. The van der Waals surface area contributed by atoms with Gasteiger partial charge in [0.2, 0.25) is 0 Å². The molecule has 0 saturated heterocycles. The molecule has 180 valence electrons. The SMILES string of the molecule is C=CCc1ccc(OCC(O)Cn2c(CNC(=O)c3ccccc3)nc3ccccc32)c(OC)c1. The highest BCUT2D eigenvalue weighted by Gasteiger charge is 2.17. The van der Waals surface area contributed by atoms with E-state index in [1.54, 1.807) is 19.2 Å². The summed E-state index contributed by atoms with van der Waals surface area (Å²) in [6.45, 7) is 4.32. The Hall–Kier alpha value is -4.10. The fraction of sp³-hybridized carbons (Fsp3) is 0.214. The van der Waals surface area contributed by atoms with Crippen molar-refractivity contribution in [3.05, 3.63) is 102 Å². The molecule has 0 aliphatic heterocycles. The Kier molecular flexibility index (Phi) is 7.80. The molecule has 4 aromatic rings. The van der Waals surface area contributed by atoms with Gasteiger partial charge in [0, 0.05) is 5.56 Å². The second-order valence-electron chi connectivity index (χ2n) is 8.12. The molecule has 3 aromatic carbocycles. The van der Waals surface area contributed by atoms with Gasteiger partial charge in [0.25, 0.3) is 5.91 Å². The summed E-state index contributed by atoms with van der Waals surface area (Å²) >= 11 is 0. The molecule has 2 N–H and O–H groups in total. The van der Waals surface area contributed by atoms with Crippen molar-refractivity contribution in [2.24, 2.45) is 0 Å². The summed E-state index contributed by atoms with van der Waals surface area (Å²) in [5.74, 6) is 1.64. The number of ether oxygens (including phenoxy) is 2. The Balaban J connectivity index is 1.46. The molecule has 0 bridgehead atoms. The van der Waals surface area contributed by atoms with Gasteiger partial charge in [-0.05, 0) is 48.4 Å². The average Bonchev–Trinajstić information content (AvgIpc) is 3.24. The zero-order valence-corrected chi connectivity index (χ0v) is 19.7. The normalized spacial score (nSPS) is 11.7. The first-order valence-electron chi connectivity index (χ1n) is 11.4. The van der Waals surface area contributed by atoms with Crippen LogP contribution in [0.25, 0.3) is 11.0 Å². The predicted molar refractivity (Wildman–Crippen MR) is 136 cm³/mol. The van der Waals surface area contributed by atoms with Crippen LogP contribution in [0.15, 0.2) is 85.5 Å². The number of carbonyl (C=O) groups is 1. The van der Waals surface area contributed by atoms with Gasteiger partial charge in [-0.1, -0.05) is 42.5 Å². The number of amides is 1. The van der Waals surface area contributed by atoms with Crippen LogP contribution in [0, 0.1) is 0 Å². The maximum Gasteiger partial charge on any atom is 0.251 e. The number of aliphatic hydroxyl groups is 1. The number of rotatable bonds is 11. The quantitative estimate of drug-likeness (QED) is 0.321. The summed E-state index contributed by atoms with van der Waals surface area (Å²) in [5, 5.41) is 13.7. The number of aromatic nitrogens is 2. The summed E-state index contributed by atoms with van der Waals surface area (Å²) in [6, 6.07) is 22.4. The van der Waals surface area contributed by atoms with E-state index in [2.05, 4.69) is 16.9 Å². The number of carbonyl (C=O) groups excluding carboxylic acids is 1. The van der Waals surface area contributed by atoms with Crippen molar-refractivity contribution in [1.82, 2.24) is 14.9 Å². The van der Waals surface area contributed by atoms with Gasteiger partial charge in [-0.25, -0.2) is 4.98 Å². The Morgan fingerprint density at radius 1 is 1.11 bits per heavy atom. The highest BCUT2D eigenvalue weighted by Crippen LogP contribution is 2.28. The summed E-state index contributed by atoms with van der Waals surface area (Å²) in [5.41, 5.74) is 3.32. The third-order valence-electron chi connectivity index (χ3n) is 5.61. The van der Waals surface area contributed by atoms with E-state index in [0.717, 1.165) is 23.0 Å². The van der Waals surface area contributed by atoms with E-state index >= 15 is 0 Å². The van der Waals surface area contributed by atoms with Crippen molar-refractivity contribution in [3.8, 4) is 11.5 Å². The Morgan fingerprint density at radius 2 is 1.89 bits per heavy atom. The van der Waals surface area contributed by atoms with Crippen LogP contribution < -0.4 is 14.8 Å². The molecule has 0 fully saturated rings. The molecule has 7 heteroatoms. The molecule has 0 radical (unpaired) electrons. The van der Waals surface area contributed by atoms with Gasteiger partial charge in [0.05, 0.1) is 31.2 Å². The minimum Gasteiger partial charge on any atom is -0.493 e. The molecular formula is C28H29N3O4. The van der Waals surface area contributed by atoms with Crippen molar-refractivity contribution in [2.75, 3.05) is 13.7 Å².